The molecule has 2 nitrogen and oxygen atoms in total. The highest BCUT2D eigenvalue weighted by atomic mass is 79.9. The Morgan fingerprint density at radius 2 is 1.71 bits per heavy atom. The largest absolute Gasteiger partial charge is 0.386 e. The summed E-state index contributed by atoms with van der Waals surface area (Å²) in [5.74, 6) is -3.08. The molecule has 0 radical (unpaired) electrons. The highest BCUT2D eigenvalue weighted by Gasteiger charge is 2.15. The van der Waals surface area contributed by atoms with Crippen molar-refractivity contribution in [3.63, 3.8) is 0 Å². The predicted molar refractivity (Wildman–Crippen MR) is 73.9 cm³/mol. The van der Waals surface area contributed by atoms with Crippen LogP contribution in [0.2, 0.25) is 0 Å². The van der Waals surface area contributed by atoms with E-state index in [-0.39, 0.29) is 22.3 Å². The Hall–Kier alpha value is -1.60. The third-order valence-corrected chi connectivity index (χ3v) is 3.43. The number of nitrogens with one attached hydrogen (secondary N) is 1. The zero-order chi connectivity index (χ0) is 15.6. The summed E-state index contributed by atoms with van der Waals surface area (Å²) < 4.78 is 53.0. The first-order chi connectivity index (χ1) is 9.88. The normalized spacial score (nSPS) is 12.3. The van der Waals surface area contributed by atoms with Gasteiger partial charge < -0.3 is 10.4 Å². The molecule has 0 amide bonds. The molecule has 1 unspecified atom stereocenters. The summed E-state index contributed by atoms with van der Waals surface area (Å²) in [6.07, 6.45) is -1.34. The highest BCUT2D eigenvalue weighted by Crippen LogP contribution is 2.24. The van der Waals surface area contributed by atoms with Crippen molar-refractivity contribution in [1.29, 1.82) is 0 Å². The Bertz CT molecular complexity index is 666. The second-order valence-electron chi connectivity index (χ2n) is 4.31. The third kappa shape index (κ3) is 3.74. The number of hydrogen-bond donors (Lipinski definition) is 2. The Labute approximate surface area is 126 Å². The van der Waals surface area contributed by atoms with Gasteiger partial charge in [0.15, 0.2) is 0 Å². The Kier molecular flexibility index (Phi) is 4.84. The molecule has 0 saturated carbocycles. The van der Waals surface area contributed by atoms with Crippen LogP contribution in [0.3, 0.4) is 0 Å². The molecule has 7 heteroatoms. The van der Waals surface area contributed by atoms with Crippen LogP contribution >= 0.6 is 15.9 Å². The number of aliphatic hydroxyl groups is 1. The van der Waals surface area contributed by atoms with E-state index >= 15 is 0 Å². The molecule has 1 atom stereocenters. The first-order valence-electron chi connectivity index (χ1n) is 5.90. The molecular formula is C14H10BrF4NO. The minimum Gasteiger partial charge on any atom is -0.386 e. The molecule has 0 fully saturated rings. The van der Waals surface area contributed by atoms with E-state index in [1.54, 1.807) is 0 Å². The number of aliphatic hydroxyl groups excluding tert-OH is 1. The monoisotopic (exact) mass is 363 g/mol. The molecule has 2 aromatic carbocycles. The van der Waals surface area contributed by atoms with Gasteiger partial charge in [-0.25, -0.2) is 17.6 Å². The third-order valence-electron chi connectivity index (χ3n) is 2.82. The van der Waals surface area contributed by atoms with Crippen molar-refractivity contribution in [1.82, 2.24) is 0 Å². The molecule has 0 aliphatic rings. The summed E-state index contributed by atoms with van der Waals surface area (Å²) in [6.45, 7) is -0.263. The maximum atomic E-state index is 13.6. The molecule has 0 aliphatic heterocycles. The second-order valence-corrected chi connectivity index (χ2v) is 5.16. The van der Waals surface area contributed by atoms with Crippen LogP contribution in [0.5, 0.6) is 0 Å². The molecule has 0 heterocycles. The van der Waals surface area contributed by atoms with Gasteiger partial charge in [0.05, 0.1) is 16.3 Å². The van der Waals surface area contributed by atoms with E-state index in [4.69, 9.17) is 0 Å². The van der Waals surface area contributed by atoms with Crippen LogP contribution in [0.25, 0.3) is 0 Å². The molecule has 0 aliphatic carbocycles. The van der Waals surface area contributed by atoms with Crippen molar-refractivity contribution in [2.24, 2.45) is 0 Å². The molecule has 2 N–H and O–H groups in total. The Morgan fingerprint density at radius 3 is 2.38 bits per heavy atom. The van der Waals surface area contributed by atoms with Crippen LogP contribution in [0, 0.1) is 23.3 Å². The van der Waals surface area contributed by atoms with Gasteiger partial charge in [-0.3, -0.25) is 0 Å². The van der Waals surface area contributed by atoms with Crippen LogP contribution in [0.15, 0.2) is 34.8 Å². The molecule has 0 saturated heterocycles. The van der Waals surface area contributed by atoms with E-state index < -0.39 is 29.4 Å². The minimum atomic E-state index is -1.34. The first-order valence-corrected chi connectivity index (χ1v) is 6.69. The number of anilines is 1. The summed E-state index contributed by atoms with van der Waals surface area (Å²) in [5, 5.41) is 12.3. The van der Waals surface area contributed by atoms with Gasteiger partial charge in [0, 0.05) is 24.2 Å². The van der Waals surface area contributed by atoms with Crippen molar-refractivity contribution >= 4 is 21.6 Å². The van der Waals surface area contributed by atoms with Crippen molar-refractivity contribution in [2.45, 2.75) is 6.10 Å². The average molecular weight is 364 g/mol. The quantitative estimate of drug-likeness (QED) is 0.631. The molecule has 21 heavy (non-hydrogen) atoms. The first kappa shape index (κ1) is 15.8. The topological polar surface area (TPSA) is 32.3 Å². The Morgan fingerprint density at radius 1 is 1.00 bits per heavy atom. The van der Waals surface area contributed by atoms with Crippen LogP contribution < -0.4 is 5.32 Å². The number of rotatable bonds is 4. The lowest BCUT2D eigenvalue weighted by Crippen LogP contribution is -2.14. The van der Waals surface area contributed by atoms with Crippen molar-refractivity contribution in [2.75, 3.05) is 11.9 Å². The van der Waals surface area contributed by atoms with Crippen molar-refractivity contribution in [3.8, 4) is 0 Å². The average Bonchev–Trinajstić information content (AvgIpc) is 2.41. The smallest absolute Gasteiger partial charge is 0.147 e. The lowest BCUT2D eigenvalue weighted by Gasteiger charge is -2.14. The highest BCUT2D eigenvalue weighted by molar-refractivity contribution is 9.10. The number of benzene rings is 2. The van der Waals surface area contributed by atoms with Gasteiger partial charge in [0.2, 0.25) is 0 Å². The van der Waals surface area contributed by atoms with Gasteiger partial charge in [-0.1, -0.05) is 6.07 Å². The van der Waals surface area contributed by atoms with Crippen molar-refractivity contribution in [3.05, 3.63) is 63.6 Å². The van der Waals surface area contributed by atoms with E-state index in [1.165, 1.54) is 0 Å². The maximum Gasteiger partial charge on any atom is 0.147 e. The van der Waals surface area contributed by atoms with Crippen LogP contribution in [-0.2, 0) is 0 Å². The van der Waals surface area contributed by atoms with Gasteiger partial charge >= 0.3 is 0 Å². The minimum absolute atomic E-state index is 0.0318. The van der Waals surface area contributed by atoms with E-state index in [0.29, 0.717) is 6.07 Å². The van der Waals surface area contributed by atoms with Gasteiger partial charge in [0.1, 0.15) is 23.3 Å². The standard InChI is InChI=1S/C14H10BrF4NO/c15-9-4-12(19)13(5-11(9)18)20-6-14(21)8-2-1-7(16)3-10(8)17/h1-5,14,20-21H,6H2. The van der Waals surface area contributed by atoms with Crippen LogP contribution in [0.1, 0.15) is 11.7 Å². The van der Waals surface area contributed by atoms with Crippen molar-refractivity contribution < 1.29 is 22.7 Å². The molecule has 2 rings (SSSR count). The summed E-state index contributed by atoms with van der Waals surface area (Å²) >= 11 is 2.84. The lowest BCUT2D eigenvalue weighted by molar-refractivity contribution is 0.186. The molecular weight excluding hydrogens is 354 g/mol. The van der Waals surface area contributed by atoms with Gasteiger partial charge in [-0.2, -0.15) is 0 Å². The van der Waals surface area contributed by atoms with Crippen LogP contribution in [0.4, 0.5) is 23.2 Å². The summed E-state index contributed by atoms with van der Waals surface area (Å²) in [5.41, 5.74) is -0.306. The van der Waals surface area contributed by atoms with Gasteiger partial charge in [0.25, 0.3) is 0 Å². The molecule has 112 valence electrons. The summed E-state index contributed by atoms with van der Waals surface area (Å²) in [6, 6.07) is 4.57. The van der Waals surface area contributed by atoms with Crippen LogP contribution in [-0.4, -0.2) is 11.7 Å². The second kappa shape index (κ2) is 6.44. The summed E-state index contributed by atoms with van der Waals surface area (Å²) in [4.78, 5) is 0. The fourth-order valence-corrected chi connectivity index (χ4v) is 2.06. The summed E-state index contributed by atoms with van der Waals surface area (Å²) in [7, 11) is 0. The fraction of sp³-hybridized carbons (Fsp3) is 0.143. The van der Waals surface area contributed by atoms with E-state index in [0.717, 1.165) is 24.3 Å². The van der Waals surface area contributed by atoms with E-state index in [9.17, 15) is 22.7 Å². The molecule has 0 spiro atoms. The van der Waals surface area contributed by atoms with Gasteiger partial charge in [-0.15, -0.1) is 0 Å². The predicted octanol–water partition coefficient (Wildman–Crippen LogP) is 4.15. The van der Waals surface area contributed by atoms with E-state index in [2.05, 4.69) is 21.2 Å². The lowest BCUT2D eigenvalue weighted by atomic mass is 10.1. The molecule has 2 aromatic rings. The number of hydrogen-bond acceptors (Lipinski definition) is 2. The van der Waals surface area contributed by atoms with Gasteiger partial charge in [-0.05, 0) is 28.1 Å². The Balaban J connectivity index is 2.11. The fourth-order valence-electron chi connectivity index (χ4n) is 1.75. The molecule has 0 aromatic heterocycles. The number of halogens is 5. The van der Waals surface area contributed by atoms with E-state index in [1.807, 2.05) is 0 Å². The zero-order valence-electron chi connectivity index (χ0n) is 10.5. The maximum absolute atomic E-state index is 13.6. The zero-order valence-corrected chi connectivity index (χ0v) is 12.1. The molecule has 0 bridgehead atoms. The SMILES string of the molecule is OC(CNc1cc(F)c(Br)cc1F)c1ccc(F)cc1F.